The SMILES string of the molecule is C#CCCCO[C@H]1C([n+]2cccc(C(N)=O)c2)O[C@H](CO)[C@H]1O. The Labute approximate surface area is 134 Å². The fraction of sp³-hybridized carbons (Fsp3) is 0.500. The molecule has 0 spiro atoms. The number of unbranched alkanes of at least 4 members (excludes halogenated alkanes) is 1. The minimum Gasteiger partial charge on any atom is -0.394 e. The van der Waals surface area contributed by atoms with Gasteiger partial charge >= 0.3 is 0 Å². The van der Waals surface area contributed by atoms with Crippen LogP contribution in [0.4, 0.5) is 0 Å². The number of aromatic nitrogens is 1. The van der Waals surface area contributed by atoms with Gasteiger partial charge in [0.05, 0.1) is 6.61 Å². The van der Waals surface area contributed by atoms with E-state index in [-0.39, 0.29) is 6.61 Å². The molecule has 124 valence electrons. The third-order valence-electron chi connectivity index (χ3n) is 3.67. The van der Waals surface area contributed by atoms with Gasteiger partial charge in [0.2, 0.25) is 0 Å². The number of nitrogens with zero attached hydrogens (tertiary/aromatic N) is 1. The Balaban J connectivity index is 2.17. The second-order valence-electron chi connectivity index (χ2n) is 5.29. The molecule has 7 nitrogen and oxygen atoms in total. The van der Waals surface area contributed by atoms with E-state index < -0.39 is 30.4 Å². The summed E-state index contributed by atoms with van der Waals surface area (Å²) in [6.45, 7) is 0.0258. The van der Waals surface area contributed by atoms with E-state index in [1.165, 1.54) is 6.20 Å². The maximum Gasteiger partial charge on any atom is 0.292 e. The summed E-state index contributed by atoms with van der Waals surface area (Å²) in [6, 6.07) is 3.23. The van der Waals surface area contributed by atoms with Crippen molar-refractivity contribution in [1.29, 1.82) is 0 Å². The molecule has 4 N–H and O–H groups in total. The quantitative estimate of drug-likeness (QED) is 0.344. The van der Waals surface area contributed by atoms with E-state index in [0.29, 0.717) is 25.0 Å². The number of terminal acetylenes is 1. The van der Waals surface area contributed by atoms with Gasteiger partial charge in [-0.2, -0.15) is 4.57 Å². The van der Waals surface area contributed by atoms with Crippen molar-refractivity contribution in [3.05, 3.63) is 30.1 Å². The summed E-state index contributed by atoms with van der Waals surface area (Å²) in [5.41, 5.74) is 5.59. The van der Waals surface area contributed by atoms with Crippen LogP contribution in [-0.2, 0) is 9.47 Å². The number of carbonyl (C=O) groups excluding carboxylic acids is 1. The van der Waals surface area contributed by atoms with Gasteiger partial charge < -0.3 is 25.4 Å². The first-order valence-electron chi connectivity index (χ1n) is 7.38. The van der Waals surface area contributed by atoms with Crippen LogP contribution in [-0.4, -0.2) is 47.6 Å². The van der Waals surface area contributed by atoms with E-state index in [1.807, 2.05) is 0 Å². The molecule has 0 aromatic carbocycles. The monoisotopic (exact) mass is 321 g/mol. The van der Waals surface area contributed by atoms with Crippen LogP contribution < -0.4 is 10.3 Å². The lowest BCUT2D eigenvalue weighted by molar-refractivity contribution is -0.766. The maximum absolute atomic E-state index is 11.3. The van der Waals surface area contributed by atoms with Crippen LogP contribution in [0.2, 0.25) is 0 Å². The third-order valence-corrected chi connectivity index (χ3v) is 3.67. The van der Waals surface area contributed by atoms with Crippen LogP contribution in [0.1, 0.15) is 29.4 Å². The van der Waals surface area contributed by atoms with Crippen molar-refractivity contribution in [2.24, 2.45) is 5.73 Å². The zero-order valence-corrected chi connectivity index (χ0v) is 12.7. The van der Waals surface area contributed by atoms with Crippen molar-refractivity contribution < 1.29 is 29.0 Å². The minimum atomic E-state index is -0.986. The summed E-state index contributed by atoms with van der Waals surface area (Å²) in [5, 5.41) is 19.6. The molecule has 0 bridgehead atoms. The zero-order chi connectivity index (χ0) is 16.8. The van der Waals surface area contributed by atoms with Gasteiger partial charge in [0.25, 0.3) is 12.1 Å². The maximum atomic E-state index is 11.3. The van der Waals surface area contributed by atoms with Gasteiger partial charge in [-0.05, 0) is 12.5 Å². The van der Waals surface area contributed by atoms with Crippen molar-refractivity contribution in [2.75, 3.05) is 13.2 Å². The fourth-order valence-corrected chi connectivity index (χ4v) is 2.48. The zero-order valence-electron chi connectivity index (χ0n) is 12.7. The summed E-state index contributed by atoms with van der Waals surface area (Å²) < 4.78 is 13.0. The number of aliphatic hydroxyl groups excluding tert-OH is 2. The van der Waals surface area contributed by atoms with Gasteiger partial charge in [0.15, 0.2) is 18.5 Å². The first-order chi connectivity index (χ1) is 11.1. The summed E-state index contributed by atoms with van der Waals surface area (Å²) in [7, 11) is 0. The molecule has 1 saturated heterocycles. The third kappa shape index (κ3) is 4.06. The van der Waals surface area contributed by atoms with E-state index in [4.69, 9.17) is 21.6 Å². The Bertz CT molecular complexity index is 586. The summed E-state index contributed by atoms with van der Waals surface area (Å²) >= 11 is 0. The van der Waals surface area contributed by atoms with Gasteiger partial charge in [0, 0.05) is 19.1 Å². The average molecular weight is 321 g/mol. The van der Waals surface area contributed by atoms with Crippen LogP contribution in [0.15, 0.2) is 24.5 Å². The summed E-state index contributed by atoms with van der Waals surface area (Å²) in [6.07, 6.45) is 6.53. The number of ether oxygens (including phenoxy) is 2. The van der Waals surface area contributed by atoms with Gasteiger partial charge in [0.1, 0.15) is 17.8 Å². The molecule has 1 amide bonds. The highest BCUT2D eigenvalue weighted by Crippen LogP contribution is 2.28. The predicted molar refractivity (Wildman–Crippen MR) is 80.0 cm³/mol. The predicted octanol–water partition coefficient (Wildman–Crippen LogP) is -0.878. The molecule has 0 saturated carbocycles. The van der Waals surface area contributed by atoms with Gasteiger partial charge in [-0.25, -0.2) is 0 Å². The molecule has 23 heavy (non-hydrogen) atoms. The van der Waals surface area contributed by atoms with Gasteiger partial charge in [-0.3, -0.25) is 4.79 Å². The van der Waals surface area contributed by atoms with E-state index >= 15 is 0 Å². The number of hydrogen-bond donors (Lipinski definition) is 3. The van der Waals surface area contributed by atoms with Crippen molar-refractivity contribution in [3.8, 4) is 12.3 Å². The average Bonchev–Trinajstić information content (AvgIpc) is 2.88. The largest absolute Gasteiger partial charge is 0.394 e. The lowest BCUT2D eigenvalue weighted by Crippen LogP contribution is -2.47. The fourth-order valence-electron chi connectivity index (χ4n) is 2.48. The lowest BCUT2D eigenvalue weighted by atomic mass is 10.1. The molecule has 0 radical (unpaired) electrons. The van der Waals surface area contributed by atoms with Crippen LogP contribution in [0.25, 0.3) is 0 Å². The second kappa shape index (κ2) is 8.04. The van der Waals surface area contributed by atoms with Crippen molar-refractivity contribution in [2.45, 2.75) is 37.4 Å². The number of hydrogen-bond acceptors (Lipinski definition) is 5. The van der Waals surface area contributed by atoms with Crippen LogP contribution in [0.3, 0.4) is 0 Å². The number of primary amides is 1. The number of aliphatic hydroxyl groups is 2. The summed E-state index contributed by atoms with van der Waals surface area (Å²) in [4.78, 5) is 11.3. The normalized spacial score (nSPS) is 26.8. The molecule has 1 fully saturated rings. The van der Waals surface area contributed by atoms with E-state index in [0.717, 1.165) is 0 Å². The smallest absolute Gasteiger partial charge is 0.292 e. The lowest BCUT2D eigenvalue weighted by Gasteiger charge is -2.17. The van der Waals surface area contributed by atoms with Gasteiger partial charge in [-0.15, -0.1) is 12.3 Å². The molecule has 1 aliphatic heterocycles. The molecule has 0 aliphatic carbocycles. The highest BCUT2D eigenvalue weighted by atomic mass is 16.6. The van der Waals surface area contributed by atoms with Crippen molar-refractivity contribution in [3.63, 3.8) is 0 Å². The van der Waals surface area contributed by atoms with E-state index in [9.17, 15) is 15.0 Å². The van der Waals surface area contributed by atoms with Crippen LogP contribution >= 0.6 is 0 Å². The standard InChI is InChI=1S/C16H20N2O5/c1-2-3-4-8-22-14-13(20)12(10-19)23-16(14)18-7-5-6-11(9-18)15(17)21/h1,5-7,9,12-14,16,19-20H,3-4,8,10H2,(H-,17,21)/p+1/t12-,13-,14-,16?/m1/s1. The first kappa shape index (κ1) is 17.4. The van der Waals surface area contributed by atoms with Crippen molar-refractivity contribution >= 4 is 5.91 Å². The molecule has 1 aromatic heterocycles. The molecule has 7 heteroatoms. The molecule has 4 atom stereocenters. The topological polar surface area (TPSA) is 106 Å². The number of nitrogens with two attached hydrogens (primary N) is 1. The first-order valence-corrected chi connectivity index (χ1v) is 7.38. The van der Waals surface area contributed by atoms with Crippen molar-refractivity contribution in [1.82, 2.24) is 0 Å². The highest BCUT2D eigenvalue weighted by molar-refractivity contribution is 5.92. The van der Waals surface area contributed by atoms with Crippen LogP contribution in [0, 0.1) is 12.3 Å². The van der Waals surface area contributed by atoms with Gasteiger partial charge in [-0.1, -0.05) is 0 Å². The van der Waals surface area contributed by atoms with E-state index in [1.54, 1.807) is 22.9 Å². The molecule has 2 heterocycles. The molecular formula is C16H21N2O5+. The number of rotatable bonds is 7. The Morgan fingerprint density at radius 3 is 3.00 bits per heavy atom. The molecular weight excluding hydrogens is 300 g/mol. The molecule has 1 unspecified atom stereocenters. The Kier molecular flexibility index (Phi) is 6.07. The Morgan fingerprint density at radius 2 is 2.35 bits per heavy atom. The summed E-state index contributed by atoms with van der Waals surface area (Å²) in [5.74, 6) is 1.95. The molecule has 1 aliphatic rings. The molecule has 1 aromatic rings. The number of amides is 1. The Hall–Kier alpha value is -1.98. The van der Waals surface area contributed by atoms with Crippen LogP contribution in [0.5, 0.6) is 0 Å². The molecule has 2 rings (SSSR count). The minimum absolute atomic E-state index is 0.309. The Morgan fingerprint density at radius 1 is 1.57 bits per heavy atom. The highest BCUT2D eigenvalue weighted by Gasteiger charge is 2.49. The number of carbonyl (C=O) groups is 1. The number of pyridine rings is 1. The second-order valence-corrected chi connectivity index (χ2v) is 5.29. The van der Waals surface area contributed by atoms with E-state index in [2.05, 4.69) is 5.92 Å².